The first kappa shape index (κ1) is 9.63. The molecule has 0 bridgehead atoms. The fraction of sp³-hybridized carbons (Fsp3) is 0.231. The summed E-state index contributed by atoms with van der Waals surface area (Å²) in [6, 6.07) is 14.4. The normalized spacial score (nSPS) is 16.8. The Morgan fingerprint density at radius 3 is 2.50 bits per heavy atom. The van der Waals surface area contributed by atoms with Gasteiger partial charge in [-0.3, -0.25) is 10.6 Å². The van der Waals surface area contributed by atoms with Gasteiger partial charge in [-0.05, 0) is 22.9 Å². The molecule has 0 amide bonds. The SMILES string of the molecule is c1ccc2cc(OC3NCCN3)ccc2c1. The molecular weight excluding hydrogens is 200 g/mol. The first-order chi connectivity index (χ1) is 7.92. The van der Waals surface area contributed by atoms with E-state index >= 15 is 0 Å². The summed E-state index contributed by atoms with van der Waals surface area (Å²) in [5.41, 5.74) is 0. The number of fused-ring (bicyclic) bond motifs is 1. The Kier molecular flexibility index (Phi) is 2.48. The summed E-state index contributed by atoms with van der Waals surface area (Å²) in [6.45, 7) is 1.91. The van der Waals surface area contributed by atoms with Gasteiger partial charge in [0.25, 0.3) is 0 Å². The number of benzene rings is 2. The fourth-order valence-corrected chi connectivity index (χ4v) is 1.94. The summed E-state index contributed by atoms with van der Waals surface area (Å²) in [5.74, 6) is 0.894. The van der Waals surface area contributed by atoms with Crippen molar-refractivity contribution >= 4 is 10.8 Å². The standard InChI is InChI=1S/C13H14N2O/c1-2-4-11-9-12(6-5-10(11)3-1)16-13-14-7-8-15-13/h1-6,9,13-15H,7-8H2. The molecule has 0 unspecified atom stereocenters. The molecule has 1 aliphatic rings. The first-order valence-electron chi connectivity index (χ1n) is 5.54. The smallest absolute Gasteiger partial charge is 0.207 e. The Bertz CT molecular complexity index is 492. The topological polar surface area (TPSA) is 33.3 Å². The Morgan fingerprint density at radius 2 is 1.69 bits per heavy atom. The molecule has 3 heteroatoms. The minimum atomic E-state index is -0.0545. The van der Waals surface area contributed by atoms with Crippen molar-refractivity contribution in [3.63, 3.8) is 0 Å². The minimum Gasteiger partial charge on any atom is -0.462 e. The van der Waals surface area contributed by atoms with Crippen LogP contribution in [0.2, 0.25) is 0 Å². The van der Waals surface area contributed by atoms with Crippen LogP contribution in [0.15, 0.2) is 42.5 Å². The molecule has 3 rings (SSSR count). The fourth-order valence-electron chi connectivity index (χ4n) is 1.94. The molecule has 0 aromatic heterocycles. The lowest BCUT2D eigenvalue weighted by Gasteiger charge is -2.14. The summed E-state index contributed by atoms with van der Waals surface area (Å²) < 4.78 is 5.76. The maximum atomic E-state index is 5.76. The highest BCUT2D eigenvalue weighted by molar-refractivity contribution is 5.83. The summed E-state index contributed by atoms with van der Waals surface area (Å²) in [5, 5.41) is 8.88. The second kappa shape index (κ2) is 4.12. The van der Waals surface area contributed by atoms with Crippen LogP contribution in [-0.2, 0) is 0 Å². The van der Waals surface area contributed by atoms with Crippen molar-refractivity contribution in [2.24, 2.45) is 0 Å². The number of ether oxygens (including phenoxy) is 1. The Labute approximate surface area is 94.4 Å². The van der Waals surface area contributed by atoms with Gasteiger partial charge in [-0.25, -0.2) is 0 Å². The minimum absolute atomic E-state index is 0.0545. The van der Waals surface area contributed by atoms with Crippen LogP contribution in [0.25, 0.3) is 10.8 Å². The van der Waals surface area contributed by atoms with E-state index in [4.69, 9.17) is 4.74 Å². The molecule has 2 N–H and O–H groups in total. The summed E-state index contributed by atoms with van der Waals surface area (Å²) in [4.78, 5) is 0. The lowest BCUT2D eigenvalue weighted by Crippen LogP contribution is -2.36. The highest BCUT2D eigenvalue weighted by Gasteiger charge is 2.13. The van der Waals surface area contributed by atoms with Crippen molar-refractivity contribution in [1.82, 2.24) is 10.6 Å². The molecule has 3 nitrogen and oxygen atoms in total. The van der Waals surface area contributed by atoms with Crippen LogP contribution < -0.4 is 15.4 Å². The molecule has 1 aliphatic heterocycles. The lowest BCUT2D eigenvalue weighted by molar-refractivity contribution is 0.165. The lowest BCUT2D eigenvalue weighted by atomic mass is 10.1. The average molecular weight is 214 g/mol. The van der Waals surface area contributed by atoms with Crippen LogP contribution in [0.4, 0.5) is 0 Å². The van der Waals surface area contributed by atoms with Crippen molar-refractivity contribution in [1.29, 1.82) is 0 Å². The highest BCUT2D eigenvalue weighted by atomic mass is 16.5. The van der Waals surface area contributed by atoms with Gasteiger partial charge in [-0.2, -0.15) is 0 Å². The van der Waals surface area contributed by atoms with Gasteiger partial charge in [0.05, 0.1) is 0 Å². The zero-order chi connectivity index (χ0) is 10.8. The molecular formula is C13H14N2O. The van der Waals surface area contributed by atoms with Crippen molar-refractivity contribution < 1.29 is 4.74 Å². The van der Waals surface area contributed by atoms with E-state index in [9.17, 15) is 0 Å². The van der Waals surface area contributed by atoms with Gasteiger partial charge in [0.2, 0.25) is 6.35 Å². The van der Waals surface area contributed by atoms with Crippen LogP contribution in [0, 0.1) is 0 Å². The molecule has 16 heavy (non-hydrogen) atoms. The molecule has 82 valence electrons. The Balaban J connectivity index is 1.86. The molecule has 2 aromatic rings. The predicted octanol–water partition coefficient (Wildman–Crippen LogP) is 1.69. The molecule has 1 fully saturated rings. The van der Waals surface area contributed by atoms with Gasteiger partial charge in [0.1, 0.15) is 5.75 Å². The van der Waals surface area contributed by atoms with E-state index in [1.54, 1.807) is 0 Å². The van der Waals surface area contributed by atoms with E-state index in [-0.39, 0.29) is 6.35 Å². The maximum Gasteiger partial charge on any atom is 0.207 e. The quantitative estimate of drug-likeness (QED) is 0.798. The Hall–Kier alpha value is -1.58. The molecule has 1 heterocycles. The van der Waals surface area contributed by atoms with E-state index < -0.39 is 0 Å². The van der Waals surface area contributed by atoms with Gasteiger partial charge >= 0.3 is 0 Å². The van der Waals surface area contributed by atoms with Crippen LogP contribution in [-0.4, -0.2) is 19.4 Å². The number of nitrogens with one attached hydrogen (secondary N) is 2. The first-order valence-corrected chi connectivity index (χ1v) is 5.54. The number of hydrogen-bond acceptors (Lipinski definition) is 3. The summed E-state index contributed by atoms with van der Waals surface area (Å²) in [6.07, 6.45) is -0.0545. The number of rotatable bonds is 2. The van der Waals surface area contributed by atoms with Crippen molar-refractivity contribution in [3.8, 4) is 5.75 Å². The van der Waals surface area contributed by atoms with Crippen molar-refractivity contribution in [3.05, 3.63) is 42.5 Å². The third kappa shape index (κ3) is 1.87. The number of hydrogen-bond donors (Lipinski definition) is 2. The van der Waals surface area contributed by atoms with E-state index in [1.165, 1.54) is 10.8 Å². The average Bonchev–Trinajstić information content (AvgIpc) is 2.82. The molecule has 0 atom stereocenters. The molecule has 1 saturated heterocycles. The van der Waals surface area contributed by atoms with E-state index in [2.05, 4.69) is 34.9 Å². The van der Waals surface area contributed by atoms with Crippen molar-refractivity contribution in [2.75, 3.05) is 13.1 Å². The van der Waals surface area contributed by atoms with E-state index in [0.29, 0.717) is 0 Å². The zero-order valence-corrected chi connectivity index (χ0v) is 8.94. The highest BCUT2D eigenvalue weighted by Crippen LogP contribution is 2.21. The maximum absolute atomic E-state index is 5.76. The van der Waals surface area contributed by atoms with Crippen LogP contribution in [0.1, 0.15) is 0 Å². The van der Waals surface area contributed by atoms with Gasteiger partial charge in [0, 0.05) is 13.1 Å². The predicted molar refractivity (Wildman–Crippen MR) is 64.4 cm³/mol. The summed E-state index contributed by atoms with van der Waals surface area (Å²) in [7, 11) is 0. The zero-order valence-electron chi connectivity index (χ0n) is 8.94. The van der Waals surface area contributed by atoms with Gasteiger partial charge in [0.15, 0.2) is 0 Å². The summed E-state index contributed by atoms with van der Waals surface area (Å²) >= 11 is 0. The van der Waals surface area contributed by atoms with Gasteiger partial charge in [-0.15, -0.1) is 0 Å². The van der Waals surface area contributed by atoms with Gasteiger partial charge < -0.3 is 4.74 Å². The third-order valence-electron chi connectivity index (χ3n) is 2.76. The molecule has 2 aromatic carbocycles. The largest absolute Gasteiger partial charge is 0.462 e. The van der Waals surface area contributed by atoms with E-state index in [1.807, 2.05) is 18.2 Å². The molecule has 0 aliphatic carbocycles. The molecule has 0 spiro atoms. The molecule has 0 saturated carbocycles. The second-order valence-electron chi connectivity index (χ2n) is 3.92. The van der Waals surface area contributed by atoms with Crippen LogP contribution in [0.5, 0.6) is 5.75 Å². The Morgan fingerprint density at radius 1 is 0.938 bits per heavy atom. The third-order valence-corrected chi connectivity index (χ3v) is 2.76. The monoisotopic (exact) mass is 214 g/mol. The second-order valence-corrected chi connectivity index (χ2v) is 3.92. The van der Waals surface area contributed by atoms with Crippen molar-refractivity contribution in [2.45, 2.75) is 6.35 Å². The molecule has 0 radical (unpaired) electrons. The van der Waals surface area contributed by atoms with Crippen LogP contribution >= 0.6 is 0 Å². The van der Waals surface area contributed by atoms with E-state index in [0.717, 1.165) is 18.8 Å². The van der Waals surface area contributed by atoms with Gasteiger partial charge in [-0.1, -0.05) is 30.3 Å². The van der Waals surface area contributed by atoms with Crippen LogP contribution in [0.3, 0.4) is 0 Å².